The van der Waals surface area contributed by atoms with E-state index in [2.05, 4.69) is 5.32 Å². The molecule has 0 aliphatic rings. The zero-order valence-electron chi connectivity index (χ0n) is 10.0. The Balaban J connectivity index is 4.07. The molecule has 0 aromatic heterocycles. The molecule has 0 atom stereocenters. The summed E-state index contributed by atoms with van der Waals surface area (Å²) in [6, 6.07) is 0. The summed E-state index contributed by atoms with van der Waals surface area (Å²) in [6.45, 7) is 8.53. The average molecular weight is 216 g/mol. The van der Waals surface area contributed by atoms with Gasteiger partial charge in [0.25, 0.3) is 0 Å². The first-order valence-electron chi connectivity index (χ1n) is 4.81. The Labute approximate surface area is 90.4 Å². The number of rotatable bonds is 4. The minimum atomic E-state index is -0.906. The number of hydrogen-bond acceptors (Lipinski definition) is 4. The number of carbonyl (C=O) groups excluding carboxylic acids is 2. The summed E-state index contributed by atoms with van der Waals surface area (Å²) in [7, 11) is 0. The third kappa shape index (κ3) is 6.06. The summed E-state index contributed by atoms with van der Waals surface area (Å²) < 4.78 is 5.06. The lowest BCUT2D eigenvalue weighted by molar-refractivity contribution is -0.154. The van der Waals surface area contributed by atoms with E-state index >= 15 is 0 Å². The number of ether oxygens (including phenoxy) is 1. The van der Waals surface area contributed by atoms with Crippen molar-refractivity contribution in [2.24, 2.45) is 5.73 Å². The van der Waals surface area contributed by atoms with Gasteiger partial charge >= 0.3 is 5.97 Å². The van der Waals surface area contributed by atoms with Gasteiger partial charge in [0, 0.05) is 0 Å². The monoisotopic (exact) mass is 216 g/mol. The van der Waals surface area contributed by atoms with Gasteiger partial charge < -0.3 is 10.5 Å². The molecule has 0 unspecified atom stereocenters. The Morgan fingerprint density at radius 2 is 1.67 bits per heavy atom. The first-order valence-corrected chi connectivity index (χ1v) is 4.81. The highest BCUT2D eigenvalue weighted by Crippen LogP contribution is 2.07. The molecule has 5 heteroatoms. The zero-order chi connectivity index (χ0) is 12.3. The van der Waals surface area contributed by atoms with E-state index < -0.39 is 23.0 Å². The van der Waals surface area contributed by atoms with Crippen LogP contribution in [0.1, 0.15) is 34.6 Å². The van der Waals surface area contributed by atoms with Gasteiger partial charge in [-0.05, 0) is 34.6 Å². The maximum Gasteiger partial charge on any atom is 0.320 e. The molecule has 0 fully saturated rings. The van der Waals surface area contributed by atoms with Crippen molar-refractivity contribution in [2.45, 2.75) is 45.8 Å². The Kier molecular flexibility index (Phi) is 4.27. The number of nitrogens with two attached hydrogens (primary N) is 1. The van der Waals surface area contributed by atoms with Gasteiger partial charge in [0.15, 0.2) is 0 Å². The van der Waals surface area contributed by atoms with Crippen LogP contribution in [0.4, 0.5) is 0 Å². The fourth-order valence-electron chi connectivity index (χ4n) is 0.758. The highest BCUT2D eigenvalue weighted by Gasteiger charge is 2.26. The van der Waals surface area contributed by atoms with Crippen LogP contribution in [0, 0.1) is 0 Å². The van der Waals surface area contributed by atoms with Crippen LogP contribution in [-0.4, -0.2) is 29.6 Å². The van der Waals surface area contributed by atoms with Gasteiger partial charge in [-0.25, -0.2) is 0 Å². The van der Waals surface area contributed by atoms with Crippen molar-refractivity contribution >= 4 is 11.9 Å². The van der Waals surface area contributed by atoms with E-state index in [0.29, 0.717) is 0 Å². The third-order valence-corrected chi connectivity index (χ3v) is 1.71. The van der Waals surface area contributed by atoms with Crippen molar-refractivity contribution in [1.82, 2.24) is 5.32 Å². The van der Waals surface area contributed by atoms with Crippen LogP contribution >= 0.6 is 0 Å². The summed E-state index contributed by atoms with van der Waals surface area (Å²) in [6.07, 6.45) is 0. The Hall–Kier alpha value is -1.10. The van der Waals surface area contributed by atoms with Gasteiger partial charge in [-0.3, -0.25) is 14.9 Å². The summed E-state index contributed by atoms with van der Waals surface area (Å²) >= 11 is 0. The fraction of sp³-hybridized carbons (Fsp3) is 0.800. The molecule has 0 radical (unpaired) electrons. The number of primary amides is 1. The molecule has 0 aliphatic carbocycles. The van der Waals surface area contributed by atoms with Gasteiger partial charge in [0.1, 0.15) is 5.60 Å². The zero-order valence-corrected chi connectivity index (χ0v) is 10.0. The first-order chi connectivity index (χ1) is 6.54. The molecule has 0 aliphatic heterocycles. The topological polar surface area (TPSA) is 81.4 Å². The van der Waals surface area contributed by atoms with Gasteiger partial charge in [0.2, 0.25) is 5.91 Å². The van der Waals surface area contributed by atoms with E-state index in [1.54, 1.807) is 34.6 Å². The van der Waals surface area contributed by atoms with Crippen LogP contribution in [0.5, 0.6) is 0 Å². The van der Waals surface area contributed by atoms with Crippen molar-refractivity contribution in [1.29, 1.82) is 0 Å². The van der Waals surface area contributed by atoms with Crippen molar-refractivity contribution in [3.63, 3.8) is 0 Å². The van der Waals surface area contributed by atoms with Gasteiger partial charge in [-0.15, -0.1) is 0 Å². The third-order valence-electron chi connectivity index (χ3n) is 1.71. The van der Waals surface area contributed by atoms with Gasteiger partial charge in [-0.2, -0.15) is 0 Å². The second-order valence-corrected chi connectivity index (χ2v) is 4.93. The molecule has 0 bridgehead atoms. The van der Waals surface area contributed by atoms with E-state index in [1.807, 2.05) is 0 Å². The molecule has 0 spiro atoms. The van der Waals surface area contributed by atoms with Crippen LogP contribution in [-0.2, 0) is 14.3 Å². The SMILES string of the molecule is CC(C)(C)OC(=O)CNC(C)(C)C(N)=O. The van der Waals surface area contributed by atoms with E-state index in [1.165, 1.54) is 0 Å². The summed E-state index contributed by atoms with van der Waals surface area (Å²) in [5.74, 6) is -0.914. The predicted molar refractivity (Wildman–Crippen MR) is 57.1 cm³/mol. The minimum absolute atomic E-state index is 0.0345. The van der Waals surface area contributed by atoms with Gasteiger partial charge in [0.05, 0.1) is 12.1 Å². The minimum Gasteiger partial charge on any atom is -0.459 e. The van der Waals surface area contributed by atoms with Crippen LogP contribution < -0.4 is 11.1 Å². The molecule has 1 amide bonds. The second kappa shape index (κ2) is 4.61. The van der Waals surface area contributed by atoms with E-state index in [0.717, 1.165) is 0 Å². The number of nitrogens with one attached hydrogen (secondary N) is 1. The number of hydrogen-bond donors (Lipinski definition) is 2. The van der Waals surface area contributed by atoms with E-state index in [4.69, 9.17) is 10.5 Å². The van der Waals surface area contributed by atoms with Crippen molar-refractivity contribution < 1.29 is 14.3 Å². The van der Waals surface area contributed by atoms with Crippen molar-refractivity contribution in [3.8, 4) is 0 Å². The summed E-state index contributed by atoms with van der Waals surface area (Å²) in [4.78, 5) is 22.2. The van der Waals surface area contributed by atoms with Gasteiger partial charge in [-0.1, -0.05) is 0 Å². The lowest BCUT2D eigenvalue weighted by Gasteiger charge is -2.24. The molecule has 0 rings (SSSR count). The highest BCUT2D eigenvalue weighted by molar-refractivity contribution is 5.84. The maximum absolute atomic E-state index is 11.3. The van der Waals surface area contributed by atoms with Crippen molar-refractivity contribution in [2.75, 3.05) is 6.54 Å². The number of esters is 1. The molecule has 0 heterocycles. The van der Waals surface area contributed by atoms with E-state index in [-0.39, 0.29) is 6.54 Å². The molecular weight excluding hydrogens is 196 g/mol. The van der Waals surface area contributed by atoms with Crippen LogP contribution in [0.3, 0.4) is 0 Å². The molecule has 0 saturated heterocycles. The average Bonchev–Trinajstić information content (AvgIpc) is 1.97. The largest absolute Gasteiger partial charge is 0.459 e. The molecule has 15 heavy (non-hydrogen) atoms. The Bertz CT molecular complexity index is 254. The normalized spacial score (nSPS) is 12.3. The molecule has 0 aromatic rings. The lowest BCUT2D eigenvalue weighted by Crippen LogP contribution is -2.52. The molecule has 5 nitrogen and oxygen atoms in total. The maximum atomic E-state index is 11.3. The number of carbonyl (C=O) groups is 2. The van der Waals surface area contributed by atoms with Crippen LogP contribution in [0.2, 0.25) is 0 Å². The molecular formula is C10H20N2O3. The molecule has 0 aromatic carbocycles. The lowest BCUT2D eigenvalue weighted by atomic mass is 10.1. The fourth-order valence-corrected chi connectivity index (χ4v) is 0.758. The summed E-state index contributed by atoms with van der Waals surface area (Å²) in [5, 5.41) is 2.73. The van der Waals surface area contributed by atoms with E-state index in [9.17, 15) is 9.59 Å². The molecule has 3 N–H and O–H groups in total. The quantitative estimate of drug-likeness (QED) is 0.657. The van der Waals surface area contributed by atoms with Crippen LogP contribution in [0.15, 0.2) is 0 Å². The summed E-state index contributed by atoms with van der Waals surface area (Å²) in [5.41, 5.74) is 3.71. The second-order valence-electron chi connectivity index (χ2n) is 4.93. The standard InChI is InChI=1S/C10H20N2O3/c1-9(2,3)15-7(13)6-12-10(4,5)8(11)14/h12H,6H2,1-5H3,(H2,11,14). The highest BCUT2D eigenvalue weighted by atomic mass is 16.6. The first kappa shape index (κ1) is 13.9. The predicted octanol–water partition coefficient (Wildman–Crippen LogP) is 0.182. The smallest absolute Gasteiger partial charge is 0.320 e. The molecule has 0 saturated carbocycles. The Morgan fingerprint density at radius 3 is 2.00 bits per heavy atom. The number of amides is 1. The Morgan fingerprint density at radius 1 is 1.20 bits per heavy atom. The molecule has 88 valence electrons. The van der Waals surface area contributed by atoms with Crippen LogP contribution in [0.25, 0.3) is 0 Å². The van der Waals surface area contributed by atoms with Crippen molar-refractivity contribution in [3.05, 3.63) is 0 Å².